The number of aliphatic hydroxyl groups is 1. The van der Waals surface area contributed by atoms with Gasteiger partial charge in [0.15, 0.2) is 0 Å². The fourth-order valence-corrected chi connectivity index (χ4v) is 4.71. The molecule has 4 atom stereocenters. The van der Waals surface area contributed by atoms with Crippen molar-refractivity contribution in [2.24, 2.45) is 11.8 Å². The van der Waals surface area contributed by atoms with Crippen molar-refractivity contribution >= 4 is 11.9 Å². The molecular formula is C24H26FNO5. The number of carbonyl (C=O) groups excluding carboxylic acids is 2. The van der Waals surface area contributed by atoms with E-state index in [4.69, 9.17) is 9.47 Å². The summed E-state index contributed by atoms with van der Waals surface area (Å²) >= 11 is 0. The number of nitrogens with zero attached hydrogens (tertiary/aromatic N) is 1. The zero-order valence-corrected chi connectivity index (χ0v) is 17.6. The van der Waals surface area contributed by atoms with Crippen molar-refractivity contribution in [2.45, 2.75) is 32.0 Å². The number of hydrogen-bond donors (Lipinski definition) is 1. The van der Waals surface area contributed by atoms with Crippen LogP contribution in [0.2, 0.25) is 0 Å². The van der Waals surface area contributed by atoms with Gasteiger partial charge in [-0.2, -0.15) is 0 Å². The third kappa shape index (κ3) is 4.56. The standard InChI is InChI=1S/C24H26FNO5/c1-14-6-16(8-19(25)7-14)23(28)26-12-17-10-21(27)22(11-18(17)13-26)31-20-5-3-4-15(9-20)24(29)30-2/h3-9,17-18,21-22,27H,10-13H2,1-2H3/t17-,18+,21+,22+/m0/s1. The van der Waals surface area contributed by atoms with Crippen LogP contribution in [0.5, 0.6) is 5.75 Å². The van der Waals surface area contributed by atoms with Crippen molar-refractivity contribution in [3.63, 3.8) is 0 Å². The summed E-state index contributed by atoms with van der Waals surface area (Å²) in [7, 11) is 1.32. The molecule has 0 unspecified atom stereocenters. The lowest BCUT2D eigenvalue weighted by molar-refractivity contribution is -0.0231. The molecule has 0 spiro atoms. The van der Waals surface area contributed by atoms with E-state index >= 15 is 0 Å². The minimum absolute atomic E-state index is 0.176. The Balaban J connectivity index is 1.43. The van der Waals surface area contributed by atoms with Crippen molar-refractivity contribution in [3.8, 4) is 5.75 Å². The summed E-state index contributed by atoms with van der Waals surface area (Å²) in [5, 5.41) is 10.6. The van der Waals surface area contributed by atoms with Crippen molar-refractivity contribution in [1.82, 2.24) is 4.90 Å². The SMILES string of the molecule is COC(=O)c1cccc(O[C@@H]2C[C@@H]3CN(C(=O)c4cc(C)cc(F)c4)C[C@@H]3C[C@H]2O)c1. The Morgan fingerprint density at radius 2 is 1.81 bits per heavy atom. The van der Waals surface area contributed by atoms with Crippen LogP contribution in [0.4, 0.5) is 4.39 Å². The van der Waals surface area contributed by atoms with Gasteiger partial charge in [0, 0.05) is 18.7 Å². The maximum absolute atomic E-state index is 13.7. The van der Waals surface area contributed by atoms with Crippen molar-refractivity contribution in [1.29, 1.82) is 0 Å². The Morgan fingerprint density at radius 3 is 2.52 bits per heavy atom. The summed E-state index contributed by atoms with van der Waals surface area (Å²) in [6.07, 6.45) is 0.0215. The van der Waals surface area contributed by atoms with E-state index in [2.05, 4.69) is 0 Å². The molecule has 0 bridgehead atoms. The molecule has 6 nitrogen and oxygen atoms in total. The number of benzene rings is 2. The molecule has 7 heteroatoms. The highest BCUT2D eigenvalue weighted by Crippen LogP contribution is 2.38. The lowest BCUT2D eigenvalue weighted by Crippen LogP contribution is -2.42. The Hall–Kier alpha value is -2.93. The number of rotatable bonds is 4. The second-order valence-electron chi connectivity index (χ2n) is 8.46. The first kappa shape index (κ1) is 21.3. The van der Waals surface area contributed by atoms with Crippen LogP contribution in [-0.4, -0.2) is 54.3 Å². The Labute approximate surface area is 180 Å². The third-order valence-electron chi connectivity index (χ3n) is 6.20. The van der Waals surface area contributed by atoms with Crippen molar-refractivity contribution in [2.75, 3.05) is 20.2 Å². The third-order valence-corrected chi connectivity index (χ3v) is 6.20. The smallest absolute Gasteiger partial charge is 0.337 e. The number of fused-ring (bicyclic) bond motifs is 1. The average Bonchev–Trinajstić information content (AvgIpc) is 3.15. The van der Waals surface area contributed by atoms with Gasteiger partial charge in [-0.15, -0.1) is 0 Å². The Bertz CT molecular complexity index is 973. The fourth-order valence-electron chi connectivity index (χ4n) is 4.71. The van der Waals surface area contributed by atoms with E-state index in [1.165, 1.54) is 19.2 Å². The van der Waals surface area contributed by atoms with Gasteiger partial charge in [-0.1, -0.05) is 6.07 Å². The molecule has 2 aromatic carbocycles. The van der Waals surface area contributed by atoms with Crippen LogP contribution in [0, 0.1) is 24.6 Å². The molecule has 2 fully saturated rings. The largest absolute Gasteiger partial charge is 0.488 e. The number of aryl methyl sites for hydroxylation is 1. The number of methoxy groups -OCH3 is 1. The summed E-state index contributed by atoms with van der Waals surface area (Å²) < 4.78 is 24.5. The molecule has 1 aliphatic carbocycles. The fraction of sp³-hybridized carbons (Fsp3) is 0.417. The molecule has 1 N–H and O–H groups in total. The van der Waals surface area contributed by atoms with Gasteiger partial charge in [0.25, 0.3) is 5.91 Å². The highest BCUT2D eigenvalue weighted by molar-refractivity contribution is 5.94. The second-order valence-corrected chi connectivity index (χ2v) is 8.46. The van der Waals surface area contributed by atoms with Crippen LogP contribution in [0.15, 0.2) is 42.5 Å². The summed E-state index contributed by atoms with van der Waals surface area (Å²) in [4.78, 5) is 26.4. The van der Waals surface area contributed by atoms with Crippen LogP contribution in [0.3, 0.4) is 0 Å². The van der Waals surface area contributed by atoms with Gasteiger partial charge in [0.05, 0.1) is 18.8 Å². The number of esters is 1. The van der Waals surface area contributed by atoms with E-state index < -0.39 is 24.0 Å². The number of halogens is 1. The first-order valence-corrected chi connectivity index (χ1v) is 10.4. The van der Waals surface area contributed by atoms with E-state index in [1.807, 2.05) is 0 Å². The topological polar surface area (TPSA) is 76.1 Å². The Morgan fingerprint density at radius 1 is 1.06 bits per heavy atom. The lowest BCUT2D eigenvalue weighted by atomic mass is 9.78. The van der Waals surface area contributed by atoms with E-state index in [1.54, 1.807) is 42.2 Å². The van der Waals surface area contributed by atoms with E-state index in [0.717, 1.165) is 0 Å². The number of carbonyl (C=O) groups is 2. The molecule has 1 saturated heterocycles. The monoisotopic (exact) mass is 427 g/mol. The van der Waals surface area contributed by atoms with Gasteiger partial charge < -0.3 is 19.5 Å². The first-order valence-electron chi connectivity index (χ1n) is 10.4. The van der Waals surface area contributed by atoms with Crippen LogP contribution in [0.25, 0.3) is 0 Å². The molecule has 1 saturated carbocycles. The molecule has 1 aliphatic heterocycles. The number of aliphatic hydroxyl groups excluding tert-OH is 1. The predicted octanol–water partition coefficient (Wildman–Crippen LogP) is 3.21. The number of likely N-dealkylation sites (tertiary alicyclic amines) is 1. The minimum Gasteiger partial charge on any atom is -0.488 e. The minimum atomic E-state index is -0.672. The van der Waals surface area contributed by atoms with Gasteiger partial charge in [0.1, 0.15) is 17.7 Å². The highest BCUT2D eigenvalue weighted by atomic mass is 19.1. The van der Waals surface area contributed by atoms with Crippen LogP contribution in [-0.2, 0) is 4.74 Å². The van der Waals surface area contributed by atoms with E-state index in [-0.39, 0.29) is 17.7 Å². The number of ether oxygens (including phenoxy) is 2. The average molecular weight is 427 g/mol. The molecule has 164 valence electrons. The zero-order chi connectivity index (χ0) is 22.1. The normalized spacial score (nSPS) is 25.1. The van der Waals surface area contributed by atoms with Gasteiger partial charge in [-0.05, 0) is 73.6 Å². The van der Waals surface area contributed by atoms with Gasteiger partial charge in [-0.25, -0.2) is 9.18 Å². The molecule has 2 aromatic rings. The highest BCUT2D eigenvalue weighted by Gasteiger charge is 2.44. The van der Waals surface area contributed by atoms with Gasteiger partial charge >= 0.3 is 5.97 Å². The quantitative estimate of drug-likeness (QED) is 0.759. The van der Waals surface area contributed by atoms with Crippen molar-refractivity contribution in [3.05, 3.63) is 65.0 Å². The molecule has 1 amide bonds. The molecule has 0 aromatic heterocycles. The zero-order valence-electron chi connectivity index (χ0n) is 17.6. The number of amides is 1. The molecule has 31 heavy (non-hydrogen) atoms. The summed E-state index contributed by atoms with van der Waals surface area (Å²) in [6, 6.07) is 11.0. The Kier molecular flexibility index (Phi) is 5.96. The van der Waals surface area contributed by atoms with Crippen molar-refractivity contribution < 1.29 is 28.6 Å². The molecule has 4 rings (SSSR count). The summed E-state index contributed by atoms with van der Waals surface area (Å²) in [6.45, 7) is 2.85. The lowest BCUT2D eigenvalue weighted by Gasteiger charge is -2.35. The van der Waals surface area contributed by atoms with Gasteiger partial charge in [-0.3, -0.25) is 4.79 Å². The van der Waals surface area contributed by atoms with Crippen LogP contribution < -0.4 is 4.74 Å². The van der Waals surface area contributed by atoms with Gasteiger partial charge in [0.2, 0.25) is 0 Å². The first-order chi connectivity index (χ1) is 14.8. The maximum Gasteiger partial charge on any atom is 0.337 e. The molecule has 1 heterocycles. The van der Waals surface area contributed by atoms with Crippen LogP contribution >= 0.6 is 0 Å². The van der Waals surface area contributed by atoms with E-state index in [9.17, 15) is 19.1 Å². The van der Waals surface area contributed by atoms with E-state index in [0.29, 0.717) is 48.4 Å². The number of hydrogen-bond acceptors (Lipinski definition) is 5. The molecule has 2 aliphatic rings. The molecular weight excluding hydrogens is 401 g/mol. The summed E-state index contributed by atoms with van der Waals surface area (Å²) in [5.74, 6) is -0.197. The molecule has 0 radical (unpaired) electrons. The summed E-state index contributed by atoms with van der Waals surface area (Å²) in [5.41, 5.74) is 1.44. The maximum atomic E-state index is 13.7. The second kappa shape index (κ2) is 8.67. The van der Waals surface area contributed by atoms with Crippen LogP contribution in [0.1, 0.15) is 39.1 Å². The predicted molar refractivity (Wildman–Crippen MR) is 111 cm³/mol.